The fraction of sp³-hybridized carbons (Fsp3) is 0.545. The van der Waals surface area contributed by atoms with E-state index in [9.17, 15) is 4.79 Å². The SMILES string of the molecule is COCCOCCOC(=O)c1cc(C)nc(Cl)n1. The average Bonchev–Trinajstić information content (AvgIpc) is 2.32. The first-order valence-corrected chi connectivity index (χ1v) is 5.76. The highest BCUT2D eigenvalue weighted by molar-refractivity contribution is 6.28. The molecular weight excluding hydrogens is 260 g/mol. The van der Waals surface area contributed by atoms with Crippen molar-refractivity contribution in [2.24, 2.45) is 0 Å². The van der Waals surface area contributed by atoms with Gasteiger partial charge < -0.3 is 14.2 Å². The molecule has 0 radical (unpaired) electrons. The van der Waals surface area contributed by atoms with Gasteiger partial charge in [-0.25, -0.2) is 14.8 Å². The molecule has 0 fully saturated rings. The Morgan fingerprint density at radius 1 is 1.28 bits per heavy atom. The fourth-order valence-electron chi connectivity index (χ4n) is 1.15. The molecule has 0 saturated carbocycles. The summed E-state index contributed by atoms with van der Waals surface area (Å²) in [5, 5.41) is 0.0262. The largest absolute Gasteiger partial charge is 0.459 e. The Kier molecular flexibility index (Phi) is 6.56. The van der Waals surface area contributed by atoms with Gasteiger partial charge in [0.05, 0.1) is 19.8 Å². The third-order valence-electron chi connectivity index (χ3n) is 1.93. The van der Waals surface area contributed by atoms with Crippen molar-refractivity contribution in [2.45, 2.75) is 6.92 Å². The van der Waals surface area contributed by atoms with E-state index in [2.05, 4.69) is 9.97 Å². The predicted octanol–water partition coefficient (Wildman–Crippen LogP) is 1.26. The molecule has 0 atom stereocenters. The van der Waals surface area contributed by atoms with E-state index in [-0.39, 0.29) is 17.6 Å². The topological polar surface area (TPSA) is 70.5 Å². The summed E-state index contributed by atoms with van der Waals surface area (Å²) in [5.74, 6) is -0.544. The summed E-state index contributed by atoms with van der Waals surface area (Å²) in [6.45, 7) is 3.16. The van der Waals surface area contributed by atoms with Gasteiger partial charge in [-0.2, -0.15) is 0 Å². The van der Waals surface area contributed by atoms with Crippen molar-refractivity contribution >= 4 is 17.6 Å². The van der Waals surface area contributed by atoms with Gasteiger partial charge in [-0.3, -0.25) is 0 Å². The van der Waals surface area contributed by atoms with Crippen molar-refractivity contribution in [1.82, 2.24) is 9.97 Å². The Hall–Kier alpha value is -1.24. The first-order chi connectivity index (χ1) is 8.63. The standard InChI is InChI=1S/C11H15ClN2O4/c1-8-7-9(14-11(12)13-8)10(15)18-6-5-17-4-3-16-2/h7H,3-6H2,1-2H3. The highest BCUT2D eigenvalue weighted by atomic mass is 35.5. The summed E-state index contributed by atoms with van der Waals surface area (Å²) in [7, 11) is 1.59. The van der Waals surface area contributed by atoms with E-state index in [0.717, 1.165) is 0 Å². The van der Waals surface area contributed by atoms with Gasteiger partial charge in [0.25, 0.3) is 0 Å². The van der Waals surface area contributed by atoms with Crippen molar-refractivity contribution in [1.29, 1.82) is 0 Å². The Morgan fingerprint density at radius 3 is 2.67 bits per heavy atom. The van der Waals surface area contributed by atoms with Crippen LogP contribution in [0, 0.1) is 6.92 Å². The quantitative estimate of drug-likeness (QED) is 0.423. The second-order valence-corrected chi connectivity index (χ2v) is 3.74. The summed E-state index contributed by atoms with van der Waals surface area (Å²) in [5.41, 5.74) is 0.752. The van der Waals surface area contributed by atoms with Crippen LogP contribution in [0.3, 0.4) is 0 Å². The predicted molar refractivity (Wildman–Crippen MR) is 64.8 cm³/mol. The van der Waals surface area contributed by atoms with Gasteiger partial charge >= 0.3 is 5.97 Å². The molecule has 0 aromatic carbocycles. The minimum absolute atomic E-state index is 0.0262. The summed E-state index contributed by atoms with van der Waals surface area (Å²) in [4.78, 5) is 19.2. The molecule has 1 aromatic heterocycles. The van der Waals surface area contributed by atoms with Gasteiger partial charge in [0.15, 0.2) is 5.69 Å². The van der Waals surface area contributed by atoms with Crippen molar-refractivity contribution in [3.63, 3.8) is 0 Å². The second-order valence-electron chi connectivity index (χ2n) is 3.40. The number of methoxy groups -OCH3 is 1. The minimum Gasteiger partial charge on any atom is -0.459 e. The molecule has 0 N–H and O–H groups in total. The first kappa shape index (κ1) is 14.8. The van der Waals surface area contributed by atoms with E-state index in [1.807, 2.05) is 0 Å². The number of hydrogen-bond acceptors (Lipinski definition) is 6. The average molecular weight is 275 g/mol. The maximum absolute atomic E-state index is 11.6. The molecule has 0 aliphatic carbocycles. The molecule has 0 aliphatic rings. The van der Waals surface area contributed by atoms with Crippen LogP contribution in [0.1, 0.15) is 16.2 Å². The van der Waals surface area contributed by atoms with Gasteiger partial charge in [0.1, 0.15) is 6.61 Å². The monoisotopic (exact) mass is 274 g/mol. The van der Waals surface area contributed by atoms with Gasteiger partial charge in [0, 0.05) is 12.8 Å². The van der Waals surface area contributed by atoms with Gasteiger partial charge in [-0.15, -0.1) is 0 Å². The van der Waals surface area contributed by atoms with Crippen molar-refractivity contribution in [2.75, 3.05) is 33.5 Å². The molecule has 1 heterocycles. The lowest BCUT2D eigenvalue weighted by atomic mass is 10.3. The van der Waals surface area contributed by atoms with Gasteiger partial charge in [0.2, 0.25) is 5.28 Å². The van der Waals surface area contributed by atoms with Crippen molar-refractivity contribution in [3.8, 4) is 0 Å². The smallest absolute Gasteiger partial charge is 0.357 e. The van der Waals surface area contributed by atoms with Crippen LogP contribution in [0.4, 0.5) is 0 Å². The molecule has 7 heteroatoms. The van der Waals surface area contributed by atoms with Crippen LogP contribution in [0.15, 0.2) is 6.07 Å². The second kappa shape index (κ2) is 7.97. The third kappa shape index (κ3) is 5.39. The fourth-order valence-corrected chi connectivity index (χ4v) is 1.37. The molecule has 1 rings (SSSR count). The van der Waals surface area contributed by atoms with Gasteiger partial charge in [-0.05, 0) is 24.6 Å². The number of rotatable bonds is 7. The number of esters is 1. The zero-order chi connectivity index (χ0) is 13.4. The molecule has 0 bridgehead atoms. The molecule has 1 aromatic rings. The summed E-state index contributed by atoms with van der Waals surface area (Å²) in [6, 6.07) is 1.51. The maximum atomic E-state index is 11.6. The summed E-state index contributed by atoms with van der Waals surface area (Å²) >= 11 is 5.64. The number of ether oxygens (including phenoxy) is 3. The van der Waals surface area contributed by atoms with Crippen LogP contribution < -0.4 is 0 Å². The zero-order valence-corrected chi connectivity index (χ0v) is 11.1. The number of carbonyl (C=O) groups excluding carboxylic acids is 1. The Morgan fingerprint density at radius 2 is 2.00 bits per heavy atom. The van der Waals surface area contributed by atoms with Crippen LogP contribution in [0.5, 0.6) is 0 Å². The van der Waals surface area contributed by atoms with Crippen molar-refractivity contribution in [3.05, 3.63) is 22.7 Å². The number of halogens is 1. The Labute approximate surface area is 110 Å². The third-order valence-corrected chi connectivity index (χ3v) is 2.10. The number of hydrogen-bond donors (Lipinski definition) is 0. The van der Waals surface area contributed by atoms with E-state index in [1.165, 1.54) is 6.07 Å². The Balaban J connectivity index is 2.32. The summed E-state index contributed by atoms with van der Waals surface area (Å²) in [6.07, 6.45) is 0. The van der Waals surface area contributed by atoms with E-state index < -0.39 is 5.97 Å². The maximum Gasteiger partial charge on any atom is 0.357 e. The molecule has 0 amide bonds. The molecule has 0 saturated heterocycles. The van der Waals surface area contributed by atoms with E-state index in [1.54, 1.807) is 14.0 Å². The number of nitrogens with zero attached hydrogens (tertiary/aromatic N) is 2. The minimum atomic E-state index is -0.544. The highest BCUT2D eigenvalue weighted by Crippen LogP contribution is 2.06. The van der Waals surface area contributed by atoms with Crippen LogP contribution >= 0.6 is 11.6 Å². The first-order valence-electron chi connectivity index (χ1n) is 5.38. The van der Waals surface area contributed by atoms with E-state index >= 15 is 0 Å². The molecular formula is C11H15ClN2O4. The van der Waals surface area contributed by atoms with Crippen molar-refractivity contribution < 1.29 is 19.0 Å². The molecule has 0 aliphatic heterocycles. The van der Waals surface area contributed by atoms with E-state index in [4.69, 9.17) is 25.8 Å². The van der Waals surface area contributed by atoms with Crippen LogP contribution in [0.2, 0.25) is 5.28 Å². The van der Waals surface area contributed by atoms with Crippen LogP contribution in [-0.4, -0.2) is 49.5 Å². The number of aromatic nitrogens is 2. The zero-order valence-electron chi connectivity index (χ0n) is 10.3. The normalized spacial score (nSPS) is 10.4. The van der Waals surface area contributed by atoms with Crippen LogP contribution in [0.25, 0.3) is 0 Å². The lowest BCUT2D eigenvalue weighted by molar-refractivity contribution is 0.0209. The number of carbonyl (C=O) groups is 1. The molecule has 6 nitrogen and oxygen atoms in total. The lowest BCUT2D eigenvalue weighted by Gasteiger charge is -2.06. The van der Waals surface area contributed by atoms with Crippen LogP contribution in [-0.2, 0) is 14.2 Å². The summed E-state index contributed by atoms with van der Waals surface area (Å²) < 4.78 is 14.9. The molecule has 100 valence electrons. The number of aryl methyl sites for hydroxylation is 1. The molecule has 0 unspecified atom stereocenters. The highest BCUT2D eigenvalue weighted by Gasteiger charge is 2.10. The molecule has 18 heavy (non-hydrogen) atoms. The van der Waals surface area contributed by atoms with E-state index in [0.29, 0.717) is 25.5 Å². The van der Waals surface area contributed by atoms with Gasteiger partial charge in [-0.1, -0.05) is 0 Å². The lowest BCUT2D eigenvalue weighted by Crippen LogP contribution is -2.14. The Bertz CT molecular complexity index is 380. The molecule has 0 spiro atoms.